The molecule has 0 radical (unpaired) electrons. The molecule has 0 saturated heterocycles. The third-order valence-electron chi connectivity index (χ3n) is 2.54. The number of carbonyl (C=O) groups is 2. The number of nitrogens with one attached hydrogen (secondary N) is 1. The molecular formula is C13H17NO3. The Labute approximate surface area is 101 Å². The molecule has 1 aromatic rings. The predicted molar refractivity (Wildman–Crippen MR) is 64.6 cm³/mol. The summed E-state index contributed by atoms with van der Waals surface area (Å²) in [5.74, 6) is -1.18. The van der Waals surface area contributed by atoms with Gasteiger partial charge in [0.05, 0.1) is 6.42 Å². The Morgan fingerprint density at radius 1 is 1.24 bits per heavy atom. The largest absolute Gasteiger partial charge is 0.481 e. The van der Waals surface area contributed by atoms with Crippen LogP contribution in [0, 0.1) is 13.8 Å². The molecule has 4 heteroatoms. The molecule has 0 atom stereocenters. The average molecular weight is 235 g/mol. The first-order chi connectivity index (χ1) is 7.99. The maximum atomic E-state index is 11.3. The molecule has 0 aromatic heterocycles. The smallest absolute Gasteiger partial charge is 0.303 e. The molecule has 0 aliphatic heterocycles. The molecule has 0 fully saturated rings. The lowest BCUT2D eigenvalue weighted by Crippen LogP contribution is -2.23. The van der Waals surface area contributed by atoms with Crippen molar-refractivity contribution >= 4 is 11.9 Å². The summed E-state index contributed by atoms with van der Waals surface area (Å²) in [6, 6.07) is 6.02. The van der Waals surface area contributed by atoms with E-state index in [0.29, 0.717) is 6.54 Å². The Hall–Kier alpha value is -1.84. The molecule has 1 rings (SSSR count). The maximum absolute atomic E-state index is 11.3. The molecule has 0 aliphatic carbocycles. The summed E-state index contributed by atoms with van der Waals surface area (Å²) >= 11 is 0. The van der Waals surface area contributed by atoms with Gasteiger partial charge >= 0.3 is 5.97 Å². The van der Waals surface area contributed by atoms with Gasteiger partial charge in [-0.2, -0.15) is 0 Å². The van der Waals surface area contributed by atoms with Gasteiger partial charge in [0.25, 0.3) is 0 Å². The van der Waals surface area contributed by atoms with Gasteiger partial charge in [-0.25, -0.2) is 0 Å². The van der Waals surface area contributed by atoms with Gasteiger partial charge < -0.3 is 10.4 Å². The van der Waals surface area contributed by atoms with Crippen molar-refractivity contribution in [3.05, 3.63) is 34.9 Å². The lowest BCUT2D eigenvalue weighted by molar-refractivity contribution is -0.138. The van der Waals surface area contributed by atoms with Gasteiger partial charge in [0.15, 0.2) is 0 Å². The quantitative estimate of drug-likeness (QED) is 0.817. The highest BCUT2D eigenvalue weighted by atomic mass is 16.4. The molecule has 1 amide bonds. The molecule has 0 saturated carbocycles. The Balaban J connectivity index is 2.44. The van der Waals surface area contributed by atoms with E-state index >= 15 is 0 Å². The third kappa shape index (κ3) is 4.68. The number of aliphatic carboxylic acids is 1. The molecule has 0 spiro atoms. The Bertz CT molecular complexity index is 427. The minimum absolute atomic E-state index is 0.0280. The van der Waals surface area contributed by atoms with Crippen LogP contribution in [0.25, 0.3) is 0 Å². The standard InChI is InChI=1S/C13H17NO3/c1-9-3-4-11(10(2)7-9)8-14-12(15)5-6-13(16)17/h3-4,7H,5-6,8H2,1-2H3,(H,14,15)(H,16,17). The molecule has 0 heterocycles. The van der Waals surface area contributed by atoms with Gasteiger partial charge in [0.2, 0.25) is 5.91 Å². The predicted octanol–water partition coefficient (Wildman–Crippen LogP) is 1.78. The highest BCUT2D eigenvalue weighted by Crippen LogP contribution is 2.10. The fourth-order valence-corrected chi connectivity index (χ4v) is 1.55. The number of hydrogen-bond donors (Lipinski definition) is 2. The van der Waals surface area contributed by atoms with E-state index in [0.717, 1.165) is 11.1 Å². The molecule has 2 N–H and O–H groups in total. The van der Waals surface area contributed by atoms with Crippen molar-refractivity contribution in [2.24, 2.45) is 0 Å². The van der Waals surface area contributed by atoms with Gasteiger partial charge in [-0.1, -0.05) is 23.8 Å². The fraction of sp³-hybridized carbons (Fsp3) is 0.385. The number of carboxylic acid groups (broad SMARTS) is 1. The van der Waals surface area contributed by atoms with Gasteiger partial charge in [-0.3, -0.25) is 9.59 Å². The normalized spacial score (nSPS) is 10.0. The van der Waals surface area contributed by atoms with Crippen molar-refractivity contribution < 1.29 is 14.7 Å². The molecule has 0 bridgehead atoms. The topological polar surface area (TPSA) is 66.4 Å². The SMILES string of the molecule is Cc1ccc(CNC(=O)CCC(=O)O)c(C)c1. The van der Waals surface area contributed by atoms with E-state index in [1.807, 2.05) is 26.0 Å². The summed E-state index contributed by atoms with van der Waals surface area (Å²) in [5, 5.41) is 11.2. The number of carboxylic acids is 1. The van der Waals surface area contributed by atoms with E-state index < -0.39 is 5.97 Å². The molecule has 0 unspecified atom stereocenters. The summed E-state index contributed by atoms with van der Waals surface area (Å²) in [5.41, 5.74) is 3.37. The van der Waals surface area contributed by atoms with E-state index in [2.05, 4.69) is 11.4 Å². The van der Waals surface area contributed by atoms with Crippen LogP contribution in [0.3, 0.4) is 0 Å². The Kier molecular flexibility index (Phi) is 4.69. The molecule has 4 nitrogen and oxygen atoms in total. The van der Waals surface area contributed by atoms with Crippen molar-refractivity contribution in [2.45, 2.75) is 33.2 Å². The third-order valence-corrected chi connectivity index (χ3v) is 2.54. The monoisotopic (exact) mass is 235 g/mol. The van der Waals surface area contributed by atoms with Crippen molar-refractivity contribution in [1.82, 2.24) is 5.32 Å². The van der Waals surface area contributed by atoms with Gasteiger partial charge in [0.1, 0.15) is 0 Å². The first kappa shape index (κ1) is 13.2. The number of amides is 1. The van der Waals surface area contributed by atoms with Crippen LogP contribution in [-0.2, 0) is 16.1 Å². The molecular weight excluding hydrogens is 218 g/mol. The number of aryl methyl sites for hydroxylation is 2. The summed E-state index contributed by atoms with van der Waals surface area (Å²) in [6.07, 6.45) is -0.0983. The summed E-state index contributed by atoms with van der Waals surface area (Å²) in [6.45, 7) is 4.46. The van der Waals surface area contributed by atoms with Crippen molar-refractivity contribution in [3.8, 4) is 0 Å². The molecule has 92 valence electrons. The van der Waals surface area contributed by atoms with Crippen molar-refractivity contribution in [1.29, 1.82) is 0 Å². The van der Waals surface area contributed by atoms with E-state index in [4.69, 9.17) is 5.11 Å². The van der Waals surface area contributed by atoms with Crippen LogP contribution in [0.2, 0.25) is 0 Å². The zero-order valence-electron chi connectivity index (χ0n) is 10.1. The number of carbonyl (C=O) groups excluding carboxylic acids is 1. The van der Waals surface area contributed by atoms with E-state index in [1.165, 1.54) is 5.56 Å². The average Bonchev–Trinajstić information content (AvgIpc) is 2.25. The lowest BCUT2D eigenvalue weighted by atomic mass is 10.1. The van der Waals surface area contributed by atoms with Crippen LogP contribution in [0.1, 0.15) is 29.5 Å². The minimum Gasteiger partial charge on any atom is -0.481 e. The highest BCUT2D eigenvalue weighted by Gasteiger charge is 2.05. The van der Waals surface area contributed by atoms with Crippen molar-refractivity contribution in [2.75, 3.05) is 0 Å². The van der Waals surface area contributed by atoms with Gasteiger partial charge in [0, 0.05) is 13.0 Å². The lowest BCUT2D eigenvalue weighted by Gasteiger charge is -2.08. The summed E-state index contributed by atoms with van der Waals surface area (Å²) in [4.78, 5) is 21.6. The van der Waals surface area contributed by atoms with E-state index in [1.54, 1.807) is 0 Å². The summed E-state index contributed by atoms with van der Waals surface area (Å²) in [7, 11) is 0. The molecule has 1 aromatic carbocycles. The maximum Gasteiger partial charge on any atom is 0.303 e. The zero-order chi connectivity index (χ0) is 12.8. The second-order valence-corrected chi connectivity index (χ2v) is 4.10. The zero-order valence-corrected chi connectivity index (χ0v) is 10.1. The first-order valence-electron chi connectivity index (χ1n) is 5.53. The molecule has 17 heavy (non-hydrogen) atoms. The van der Waals surface area contributed by atoms with Crippen molar-refractivity contribution in [3.63, 3.8) is 0 Å². The first-order valence-corrected chi connectivity index (χ1v) is 5.53. The summed E-state index contributed by atoms with van der Waals surface area (Å²) < 4.78 is 0. The fourth-order valence-electron chi connectivity index (χ4n) is 1.55. The van der Waals surface area contributed by atoms with Crippen LogP contribution in [0.15, 0.2) is 18.2 Å². The second-order valence-electron chi connectivity index (χ2n) is 4.10. The second kappa shape index (κ2) is 6.03. The number of hydrogen-bond acceptors (Lipinski definition) is 2. The van der Waals surface area contributed by atoms with Crippen LogP contribution >= 0.6 is 0 Å². The Morgan fingerprint density at radius 3 is 2.53 bits per heavy atom. The molecule has 0 aliphatic rings. The van der Waals surface area contributed by atoms with E-state index in [-0.39, 0.29) is 18.7 Å². The number of rotatable bonds is 5. The van der Waals surface area contributed by atoms with Crippen LogP contribution < -0.4 is 5.32 Å². The number of benzene rings is 1. The minimum atomic E-state index is -0.952. The highest BCUT2D eigenvalue weighted by molar-refractivity contribution is 5.80. The van der Waals surface area contributed by atoms with Crippen LogP contribution in [-0.4, -0.2) is 17.0 Å². The van der Waals surface area contributed by atoms with Crippen LogP contribution in [0.5, 0.6) is 0 Å². The Morgan fingerprint density at radius 2 is 1.94 bits per heavy atom. The van der Waals surface area contributed by atoms with Gasteiger partial charge in [-0.15, -0.1) is 0 Å². The van der Waals surface area contributed by atoms with E-state index in [9.17, 15) is 9.59 Å². The van der Waals surface area contributed by atoms with Gasteiger partial charge in [-0.05, 0) is 25.0 Å². The van der Waals surface area contributed by atoms with Crippen LogP contribution in [0.4, 0.5) is 0 Å².